The average Bonchev–Trinajstić information content (AvgIpc) is 3.02. The number of carbonyl (C=O) groups is 1. The molecule has 0 aliphatic carbocycles. The van der Waals surface area contributed by atoms with Crippen LogP contribution in [-0.2, 0) is 6.18 Å². The van der Waals surface area contributed by atoms with E-state index in [0.717, 1.165) is 39.2 Å². The molecule has 0 bridgehead atoms. The van der Waals surface area contributed by atoms with Crippen LogP contribution in [0.4, 0.5) is 29.3 Å². The molecule has 0 heterocycles. The van der Waals surface area contributed by atoms with Crippen LogP contribution in [0.1, 0.15) is 5.56 Å². The molecule has 0 aromatic heterocycles. The van der Waals surface area contributed by atoms with Crippen molar-refractivity contribution in [3.63, 3.8) is 0 Å². The van der Waals surface area contributed by atoms with Crippen molar-refractivity contribution in [3.8, 4) is 22.3 Å². The summed E-state index contributed by atoms with van der Waals surface area (Å²) in [4.78, 5) is 14.9. The molecule has 0 fully saturated rings. The number of alkyl halides is 3. The normalized spacial score (nSPS) is 11.5. The first-order chi connectivity index (χ1) is 20.2. The quantitative estimate of drug-likeness (QED) is 0.172. The van der Waals surface area contributed by atoms with Crippen LogP contribution in [0, 0.1) is 0 Å². The smallest absolute Gasteiger partial charge is 0.295 e. The van der Waals surface area contributed by atoms with E-state index in [1.807, 2.05) is 72.8 Å². The molecule has 0 radical (unpaired) electrons. The number of carbonyl (C=O) groups excluding carboxylic acids is 1. The van der Waals surface area contributed by atoms with Crippen LogP contribution in [0.2, 0.25) is 0 Å². The maximum atomic E-state index is 13.5. The first-order valence-electron chi connectivity index (χ1n) is 13.3. The van der Waals surface area contributed by atoms with Gasteiger partial charge < -0.3 is 0 Å². The predicted octanol–water partition coefficient (Wildman–Crippen LogP) is 9.80. The number of hydrogen-bond donors (Lipinski definition) is 1. The van der Waals surface area contributed by atoms with Crippen molar-refractivity contribution >= 4 is 39.0 Å². The summed E-state index contributed by atoms with van der Waals surface area (Å²) in [6.07, 6.45) is -4.44. The van der Waals surface area contributed by atoms with E-state index in [9.17, 15) is 23.2 Å². The Morgan fingerprint density at radius 2 is 1.29 bits per heavy atom. The summed E-state index contributed by atoms with van der Waals surface area (Å²) < 4.78 is 39.8. The van der Waals surface area contributed by atoms with Crippen molar-refractivity contribution in [3.05, 3.63) is 133 Å². The molecule has 6 aromatic rings. The molecule has 208 valence electrons. The van der Waals surface area contributed by atoms with Gasteiger partial charge in [-0.3, -0.25) is 10.1 Å². The van der Waals surface area contributed by atoms with E-state index in [2.05, 4.69) is 0 Å². The summed E-state index contributed by atoms with van der Waals surface area (Å²) in [5.41, 5.74) is 2.82. The third-order valence-electron chi connectivity index (χ3n) is 7.42. The number of anilines is 2. The van der Waals surface area contributed by atoms with Gasteiger partial charge in [0.2, 0.25) is 0 Å². The lowest BCUT2D eigenvalue weighted by Crippen LogP contribution is -2.39. The van der Waals surface area contributed by atoms with Gasteiger partial charge in [0.1, 0.15) is 0 Å². The van der Waals surface area contributed by atoms with Crippen LogP contribution in [0.5, 0.6) is 0 Å². The summed E-state index contributed by atoms with van der Waals surface area (Å²) in [6.45, 7) is 0. The van der Waals surface area contributed by atoms with E-state index in [4.69, 9.17) is 0 Å². The lowest BCUT2D eigenvalue weighted by atomic mass is 9.89. The summed E-state index contributed by atoms with van der Waals surface area (Å²) in [5.74, 6) is 0. The minimum Gasteiger partial charge on any atom is -0.295 e. The van der Waals surface area contributed by atoms with Crippen molar-refractivity contribution in [2.24, 2.45) is 0 Å². The monoisotopic (exact) mass is 562 g/mol. The maximum Gasteiger partial charge on any atom is 0.416 e. The van der Waals surface area contributed by atoms with Gasteiger partial charge in [-0.15, -0.1) is 0 Å². The fourth-order valence-electron chi connectivity index (χ4n) is 5.26. The van der Waals surface area contributed by atoms with Crippen LogP contribution in [0.25, 0.3) is 43.8 Å². The zero-order chi connectivity index (χ0) is 29.4. The number of nitrogens with zero attached hydrogens (tertiary/aromatic N) is 2. The van der Waals surface area contributed by atoms with Crippen LogP contribution in [0.15, 0.2) is 127 Å². The first kappa shape index (κ1) is 27.1. The highest BCUT2D eigenvalue weighted by Crippen LogP contribution is 2.43. The van der Waals surface area contributed by atoms with Gasteiger partial charge in [-0.05, 0) is 80.7 Å². The molecule has 2 amide bonds. The molecule has 0 unspecified atom stereocenters. The van der Waals surface area contributed by atoms with Gasteiger partial charge in [-0.1, -0.05) is 84.9 Å². The number of benzene rings is 6. The molecule has 6 rings (SSSR count). The Morgan fingerprint density at radius 1 is 0.667 bits per heavy atom. The van der Waals surface area contributed by atoms with E-state index < -0.39 is 17.8 Å². The minimum atomic E-state index is -4.44. The molecule has 0 spiro atoms. The summed E-state index contributed by atoms with van der Waals surface area (Å²) in [5, 5.41) is 15.5. The molecular weight excluding hydrogens is 537 g/mol. The van der Waals surface area contributed by atoms with Crippen LogP contribution < -0.4 is 9.96 Å². The number of hydroxylamine groups is 1. The van der Waals surface area contributed by atoms with Crippen molar-refractivity contribution in [1.29, 1.82) is 0 Å². The van der Waals surface area contributed by atoms with Gasteiger partial charge in [0, 0.05) is 18.3 Å². The van der Waals surface area contributed by atoms with Crippen LogP contribution in [-0.4, -0.2) is 18.3 Å². The highest BCUT2D eigenvalue weighted by atomic mass is 19.4. The van der Waals surface area contributed by atoms with Crippen LogP contribution in [0.3, 0.4) is 0 Å². The van der Waals surface area contributed by atoms with E-state index in [-0.39, 0.29) is 5.69 Å². The Bertz CT molecular complexity index is 1920. The highest BCUT2D eigenvalue weighted by molar-refractivity contribution is 6.14. The fraction of sp³-hybridized carbons (Fsp3) is 0.0571. The number of hydrogen-bond acceptors (Lipinski definition) is 2. The number of urea groups is 1. The van der Waals surface area contributed by atoms with Gasteiger partial charge in [-0.2, -0.15) is 18.2 Å². The van der Waals surface area contributed by atoms with E-state index in [1.165, 1.54) is 17.0 Å². The standard InChI is InChI=1S/C35H25F3N2O2/c1-39(28-11-3-2-4-12-28)34(41)40(42)32-20-17-24-9-5-8-14-30(24)33(32)31-22-26(21-25-10-6-7-13-29(25)31)23-15-18-27(19-16-23)35(36,37)38/h2-22,42H,1H3. The molecule has 4 nitrogen and oxygen atoms in total. The molecule has 6 aromatic carbocycles. The summed E-state index contributed by atoms with van der Waals surface area (Å²) in [7, 11) is 1.59. The molecule has 0 saturated heterocycles. The zero-order valence-corrected chi connectivity index (χ0v) is 22.5. The van der Waals surface area contributed by atoms with Gasteiger partial charge in [0.25, 0.3) is 0 Å². The molecule has 0 saturated carbocycles. The highest BCUT2D eigenvalue weighted by Gasteiger charge is 2.30. The van der Waals surface area contributed by atoms with Gasteiger partial charge in [0.05, 0.1) is 11.3 Å². The van der Waals surface area contributed by atoms with Crippen molar-refractivity contribution < 1.29 is 23.2 Å². The Kier molecular flexibility index (Phi) is 6.88. The number of para-hydroxylation sites is 1. The third-order valence-corrected chi connectivity index (χ3v) is 7.42. The van der Waals surface area contributed by atoms with Gasteiger partial charge in [-0.25, -0.2) is 4.79 Å². The van der Waals surface area contributed by atoms with Crippen molar-refractivity contribution in [2.45, 2.75) is 6.18 Å². The second-order valence-electron chi connectivity index (χ2n) is 9.99. The Labute approximate surface area is 240 Å². The predicted molar refractivity (Wildman–Crippen MR) is 162 cm³/mol. The first-order valence-corrected chi connectivity index (χ1v) is 13.3. The number of amides is 2. The topological polar surface area (TPSA) is 43.8 Å². The molecule has 7 heteroatoms. The molecular formula is C35H25F3N2O2. The van der Waals surface area contributed by atoms with E-state index in [0.29, 0.717) is 27.4 Å². The zero-order valence-electron chi connectivity index (χ0n) is 22.5. The molecule has 1 N–H and O–H groups in total. The molecule has 0 aliphatic rings. The molecule has 0 atom stereocenters. The molecule has 42 heavy (non-hydrogen) atoms. The number of fused-ring (bicyclic) bond motifs is 2. The Hall–Kier alpha value is -5.14. The van der Waals surface area contributed by atoms with E-state index >= 15 is 0 Å². The van der Waals surface area contributed by atoms with E-state index in [1.54, 1.807) is 37.4 Å². The van der Waals surface area contributed by atoms with Gasteiger partial charge >= 0.3 is 12.2 Å². The lowest BCUT2D eigenvalue weighted by Gasteiger charge is -2.26. The largest absolute Gasteiger partial charge is 0.416 e. The second-order valence-corrected chi connectivity index (χ2v) is 9.99. The minimum absolute atomic E-state index is 0.274. The Balaban J connectivity index is 1.57. The summed E-state index contributed by atoms with van der Waals surface area (Å²) in [6, 6.07) is 36.1. The fourth-order valence-corrected chi connectivity index (χ4v) is 5.26. The second kappa shape index (κ2) is 10.7. The number of rotatable bonds is 4. The molecule has 0 aliphatic heterocycles. The average molecular weight is 563 g/mol. The van der Waals surface area contributed by atoms with Gasteiger partial charge in [0.15, 0.2) is 0 Å². The van der Waals surface area contributed by atoms with Crippen molar-refractivity contribution in [1.82, 2.24) is 0 Å². The SMILES string of the molecule is CN(C(=O)N(O)c1ccc2ccccc2c1-c1cc(-c2ccc(C(F)(F)F)cc2)cc2ccccc12)c1ccccc1. The lowest BCUT2D eigenvalue weighted by molar-refractivity contribution is -0.137. The third kappa shape index (κ3) is 4.95. The summed E-state index contributed by atoms with van der Waals surface area (Å²) >= 11 is 0. The number of halogens is 3. The van der Waals surface area contributed by atoms with Crippen LogP contribution >= 0.6 is 0 Å². The Morgan fingerprint density at radius 3 is 1.98 bits per heavy atom. The van der Waals surface area contributed by atoms with Crippen molar-refractivity contribution in [2.75, 3.05) is 17.0 Å². The maximum absolute atomic E-state index is 13.5.